The normalized spacial score (nSPS) is 12.6. The highest BCUT2D eigenvalue weighted by atomic mass is 19.4. The van der Waals surface area contributed by atoms with E-state index in [-0.39, 0.29) is 11.6 Å². The Bertz CT molecular complexity index is 348. The number of nitrogens with zero attached hydrogens (tertiary/aromatic N) is 1. The van der Waals surface area contributed by atoms with E-state index in [1.54, 1.807) is 0 Å². The molecule has 0 atom stereocenters. The molecular weight excluding hydrogens is 235 g/mol. The molecule has 1 heterocycles. The van der Waals surface area contributed by atoms with Gasteiger partial charge in [-0.2, -0.15) is 22.0 Å². The van der Waals surface area contributed by atoms with Crippen molar-refractivity contribution in [2.75, 3.05) is 12.3 Å². The number of hydrogen-bond donors (Lipinski definition) is 1. The fourth-order valence-electron chi connectivity index (χ4n) is 0.724. The van der Waals surface area contributed by atoms with Gasteiger partial charge in [0.05, 0.1) is 11.9 Å². The number of hydrogen-bond acceptors (Lipinski definition) is 3. The second-order valence-electron chi connectivity index (χ2n) is 2.92. The van der Waals surface area contributed by atoms with Gasteiger partial charge in [0.2, 0.25) is 5.88 Å². The first-order chi connectivity index (χ1) is 7.22. The predicted molar refractivity (Wildman–Crippen MR) is 45.1 cm³/mol. The van der Waals surface area contributed by atoms with Crippen molar-refractivity contribution in [2.45, 2.75) is 12.1 Å². The van der Waals surface area contributed by atoms with E-state index in [1.165, 1.54) is 6.07 Å². The average Bonchev–Trinajstić information content (AvgIpc) is 2.15. The Labute approximate surface area is 87.0 Å². The van der Waals surface area contributed by atoms with E-state index in [2.05, 4.69) is 9.72 Å². The molecule has 2 N–H and O–H groups in total. The van der Waals surface area contributed by atoms with Gasteiger partial charge in [0, 0.05) is 6.07 Å². The van der Waals surface area contributed by atoms with Crippen LogP contribution in [0.2, 0.25) is 0 Å². The maximum absolute atomic E-state index is 12.4. The van der Waals surface area contributed by atoms with Gasteiger partial charge >= 0.3 is 12.1 Å². The summed E-state index contributed by atoms with van der Waals surface area (Å²) in [6.45, 7) is -1.81. The van der Waals surface area contributed by atoms with Crippen LogP contribution in [-0.4, -0.2) is 23.7 Å². The SMILES string of the molecule is Nc1ccc(OCC(F)(F)C(F)(F)F)nc1. The van der Waals surface area contributed by atoms with Crippen LogP contribution in [0.25, 0.3) is 0 Å². The number of rotatable bonds is 3. The molecule has 0 radical (unpaired) electrons. The van der Waals surface area contributed by atoms with E-state index in [0.717, 1.165) is 12.3 Å². The molecule has 3 nitrogen and oxygen atoms in total. The van der Waals surface area contributed by atoms with Gasteiger partial charge < -0.3 is 10.5 Å². The van der Waals surface area contributed by atoms with E-state index < -0.39 is 18.7 Å². The predicted octanol–water partition coefficient (Wildman–Crippen LogP) is 2.24. The lowest BCUT2D eigenvalue weighted by Gasteiger charge is -2.19. The third-order valence-corrected chi connectivity index (χ3v) is 1.58. The summed E-state index contributed by atoms with van der Waals surface area (Å²) in [4.78, 5) is 3.42. The zero-order valence-electron chi connectivity index (χ0n) is 7.76. The highest BCUT2D eigenvalue weighted by Gasteiger charge is 2.58. The summed E-state index contributed by atoms with van der Waals surface area (Å²) >= 11 is 0. The Kier molecular flexibility index (Phi) is 3.20. The van der Waals surface area contributed by atoms with E-state index in [0.29, 0.717) is 0 Å². The molecule has 1 aromatic heterocycles. The fraction of sp³-hybridized carbons (Fsp3) is 0.375. The first-order valence-electron chi connectivity index (χ1n) is 4.01. The highest BCUT2D eigenvalue weighted by molar-refractivity contribution is 5.35. The minimum Gasteiger partial charge on any atom is -0.471 e. The second kappa shape index (κ2) is 4.11. The lowest BCUT2D eigenvalue weighted by Crippen LogP contribution is -2.41. The van der Waals surface area contributed by atoms with Gasteiger partial charge in [-0.3, -0.25) is 0 Å². The molecule has 8 heteroatoms. The zero-order chi connectivity index (χ0) is 12.4. The summed E-state index contributed by atoms with van der Waals surface area (Å²) in [5.74, 6) is -5.26. The quantitative estimate of drug-likeness (QED) is 0.827. The second-order valence-corrected chi connectivity index (χ2v) is 2.92. The molecule has 0 saturated heterocycles. The maximum atomic E-state index is 12.4. The van der Waals surface area contributed by atoms with E-state index in [9.17, 15) is 22.0 Å². The van der Waals surface area contributed by atoms with Gasteiger partial charge in [-0.25, -0.2) is 4.98 Å². The maximum Gasteiger partial charge on any atom is 0.456 e. The Morgan fingerprint density at radius 2 is 1.81 bits per heavy atom. The Hall–Kier alpha value is -1.60. The standard InChI is InChI=1S/C8H7F5N2O/c9-7(10,8(11,12)13)4-16-6-2-1-5(14)3-15-6/h1-3H,4,14H2. The van der Waals surface area contributed by atoms with Crippen LogP contribution in [0.5, 0.6) is 5.88 Å². The van der Waals surface area contributed by atoms with Gasteiger partial charge in [-0.05, 0) is 6.07 Å². The number of ether oxygens (including phenoxy) is 1. The summed E-state index contributed by atoms with van der Waals surface area (Å²) < 4.78 is 64.2. The van der Waals surface area contributed by atoms with Crippen LogP contribution in [-0.2, 0) is 0 Å². The Balaban J connectivity index is 2.61. The summed E-state index contributed by atoms with van der Waals surface area (Å²) in [6, 6.07) is 2.37. The Morgan fingerprint density at radius 1 is 1.19 bits per heavy atom. The Morgan fingerprint density at radius 3 is 2.25 bits per heavy atom. The van der Waals surface area contributed by atoms with Crippen molar-refractivity contribution in [3.05, 3.63) is 18.3 Å². The molecule has 0 bridgehead atoms. The highest BCUT2D eigenvalue weighted by Crippen LogP contribution is 2.35. The number of nitrogens with two attached hydrogens (primary N) is 1. The fourth-order valence-corrected chi connectivity index (χ4v) is 0.724. The smallest absolute Gasteiger partial charge is 0.456 e. The van der Waals surface area contributed by atoms with Crippen molar-refractivity contribution in [1.29, 1.82) is 0 Å². The largest absolute Gasteiger partial charge is 0.471 e. The van der Waals surface area contributed by atoms with Crippen molar-refractivity contribution in [3.8, 4) is 5.88 Å². The summed E-state index contributed by atoms with van der Waals surface area (Å²) in [5, 5.41) is 0. The van der Waals surface area contributed by atoms with Gasteiger partial charge in [0.1, 0.15) is 0 Å². The van der Waals surface area contributed by atoms with Crippen LogP contribution >= 0.6 is 0 Å². The van der Waals surface area contributed by atoms with E-state index in [1.807, 2.05) is 0 Å². The summed E-state index contributed by atoms with van der Waals surface area (Å²) in [7, 11) is 0. The molecule has 1 aromatic rings. The molecule has 0 unspecified atom stereocenters. The van der Waals surface area contributed by atoms with Gasteiger partial charge in [-0.1, -0.05) is 0 Å². The molecule has 1 rings (SSSR count). The van der Waals surface area contributed by atoms with Crippen LogP contribution in [0.1, 0.15) is 0 Å². The molecule has 90 valence electrons. The minimum atomic E-state index is -5.64. The molecule has 16 heavy (non-hydrogen) atoms. The molecule has 0 aliphatic heterocycles. The minimum absolute atomic E-state index is 0.245. The molecule has 0 saturated carbocycles. The number of anilines is 1. The monoisotopic (exact) mass is 242 g/mol. The van der Waals surface area contributed by atoms with E-state index >= 15 is 0 Å². The third-order valence-electron chi connectivity index (χ3n) is 1.58. The van der Waals surface area contributed by atoms with Crippen LogP contribution < -0.4 is 10.5 Å². The van der Waals surface area contributed by atoms with Crippen LogP contribution in [0, 0.1) is 0 Å². The molecule has 0 aromatic carbocycles. The molecular formula is C8H7F5N2O. The van der Waals surface area contributed by atoms with Gasteiger partial charge in [0.15, 0.2) is 6.61 Å². The lowest BCUT2D eigenvalue weighted by atomic mass is 10.3. The number of alkyl halides is 5. The molecule has 0 spiro atoms. The number of pyridine rings is 1. The van der Waals surface area contributed by atoms with Crippen molar-refractivity contribution in [3.63, 3.8) is 0 Å². The molecule has 0 aliphatic carbocycles. The van der Waals surface area contributed by atoms with Crippen LogP contribution in [0.15, 0.2) is 18.3 Å². The van der Waals surface area contributed by atoms with Crippen molar-refractivity contribution < 1.29 is 26.7 Å². The van der Waals surface area contributed by atoms with Crippen molar-refractivity contribution in [2.24, 2.45) is 0 Å². The lowest BCUT2D eigenvalue weighted by molar-refractivity contribution is -0.290. The molecule has 0 amide bonds. The summed E-state index contributed by atoms with van der Waals surface area (Å²) in [5.41, 5.74) is 5.48. The summed E-state index contributed by atoms with van der Waals surface area (Å²) in [6.07, 6.45) is -4.55. The van der Waals surface area contributed by atoms with Crippen LogP contribution in [0.3, 0.4) is 0 Å². The van der Waals surface area contributed by atoms with Crippen LogP contribution in [0.4, 0.5) is 27.6 Å². The third kappa shape index (κ3) is 2.94. The zero-order valence-corrected chi connectivity index (χ0v) is 7.76. The molecule has 0 aliphatic rings. The first kappa shape index (κ1) is 12.5. The average molecular weight is 242 g/mol. The molecule has 0 fully saturated rings. The number of nitrogen functional groups attached to an aromatic ring is 1. The first-order valence-corrected chi connectivity index (χ1v) is 4.01. The van der Waals surface area contributed by atoms with Crippen molar-refractivity contribution >= 4 is 5.69 Å². The van der Waals surface area contributed by atoms with Gasteiger partial charge in [-0.15, -0.1) is 0 Å². The number of halogens is 5. The topological polar surface area (TPSA) is 48.1 Å². The van der Waals surface area contributed by atoms with Gasteiger partial charge in [0.25, 0.3) is 0 Å². The number of aromatic nitrogens is 1. The van der Waals surface area contributed by atoms with E-state index in [4.69, 9.17) is 5.73 Å². The van der Waals surface area contributed by atoms with Crippen molar-refractivity contribution in [1.82, 2.24) is 4.98 Å².